The Balaban J connectivity index is -0.000000403. The maximum absolute atomic E-state index is 9.02. The van der Waals surface area contributed by atoms with Gasteiger partial charge in [-0.1, -0.05) is 32.9 Å². The molecule has 0 bridgehead atoms. The molecule has 0 aliphatic carbocycles. The average Bonchev–Trinajstić information content (AvgIpc) is 1.86. The molecule has 0 amide bonds. The van der Waals surface area contributed by atoms with Gasteiger partial charge in [0.2, 0.25) is 0 Å². The number of phenols is 1. The van der Waals surface area contributed by atoms with E-state index in [1.165, 1.54) is 5.56 Å². The fraction of sp³-hybridized carbons (Fsp3) is 0.400. The van der Waals surface area contributed by atoms with E-state index in [0.29, 0.717) is 5.75 Å². The summed E-state index contributed by atoms with van der Waals surface area (Å²) in [5.41, 5.74) is 1.42. The minimum Gasteiger partial charge on any atom is -1.00 e. The fourth-order valence-corrected chi connectivity index (χ4v) is 0.961. The van der Waals surface area contributed by atoms with Crippen molar-refractivity contribution in [3.63, 3.8) is 0 Å². The van der Waals surface area contributed by atoms with Gasteiger partial charge in [0.15, 0.2) is 0 Å². The van der Waals surface area contributed by atoms with E-state index in [4.69, 9.17) is 5.11 Å². The molecule has 0 heterocycles. The zero-order chi connectivity index (χ0) is 8.48. The van der Waals surface area contributed by atoms with Crippen LogP contribution in [0.25, 0.3) is 0 Å². The van der Waals surface area contributed by atoms with Crippen molar-refractivity contribution in [2.75, 3.05) is 0 Å². The normalized spacial score (nSPS) is 10.6. The Kier molecular flexibility index (Phi) is 4.32. The molecule has 0 saturated heterocycles. The number of rotatable bonds is 0. The molecule has 1 aromatic carbocycles. The molecular formula is C10H16NaO+. The Hall–Kier alpha value is 0.0200. The predicted molar refractivity (Wildman–Crippen MR) is 49.0 cm³/mol. The van der Waals surface area contributed by atoms with E-state index >= 15 is 0 Å². The van der Waals surface area contributed by atoms with E-state index in [9.17, 15) is 0 Å². The molecule has 0 unspecified atom stereocenters. The topological polar surface area (TPSA) is 20.2 Å². The van der Waals surface area contributed by atoms with Crippen LogP contribution in [0, 0.1) is 0 Å². The monoisotopic (exact) mass is 175 g/mol. The van der Waals surface area contributed by atoms with Gasteiger partial charge in [-0.15, -0.1) is 0 Å². The molecule has 1 nitrogen and oxygen atoms in total. The van der Waals surface area contributed by atoms with Gasteiger partial charge in [-0.05, 0) is 23.1 Å². The molecule has 1 N–H and O–H groups in total. The number of hydrogen-bond donors (Lipinski definition) is 1. The SMILES string of the molecule is CC(C)(C)c1ccc(O)cc1.[H+].[H-].[Na+]. The first-order chi connectivity index (χ1) is 5.00. The third-order valence-electron chi connectivity index (χ3n) is 1.73. The molecule has 0 spiro atoms. The zero-order valence-electron chi connectivity index (χ0n) is 10.3. The van der Waals surface area contributed by atoms with E-state index in [2.05, 4.69) is 20.8 Å². The second-order valence-electron chi connectivity index (χ2n) is 3.80. The number of hydrogen-bond acceptors (Lipinski definition) is 1. The van der Waals surface area contributed by atoms with Crippen LogP contribution in [0.1, 0.15) is 29.2 Å². The van der Waals surface area contributed by atoms with Crippen LogP contribution in [0.5, 0.6) is 5.75 Å². The van der Waals surface area contributed by atoms with E-state index in [1.54, 1.807) is 12.1 Å². The first-order valence-electron chi connectivity index (χ1n) is 3.79. The number of benzene rings is 1. The maximum Gasteiger partial charge on any atom is 1.00 e. The number of phenolic OH excluding ortho intramolecular Hbond substituents is 1. The molecule has 0 radical (unpaired) electrons. The Morgan fingerprint density at radius 2 is 1.58 bits per heavy atom. The molecule has 0 atom stereocenters. The van der Waals surface area contributed by atoms with Gasteiger partial charge >= 0.3 is 31.0 Å². The standard InChI is InChI=1S/C10H14O.Na.H/c1-10(2,3)8-4-6-9(11)7-5-8;;/h4-7,11H,1-3H3;;/q;+1;-1/p+1. The Labute approximate surface area is 99.1 Å². The van der Waals surface area contributed by atoms with E-state index in [-0.39, 0.29) is 37.8 Å². The van der Waals surface area contributed by atoms with Gasteiger partial charge < -0.3 is 6.53 Å². The van der Waals surface area contributed by atoms with Crippen molar-refractivity contribution in [3.8, 4) is 5.75 Å². The largest absolute Gasteiger partial charge is 1.00 e. The summed E-state index contributed by atoms with van der Waals surface area (Å²) in [6.45, 7) is 6.46. The average molecular weight is 175 g/mol. The maximum atomic E-state index is 9.02. The molecule has 12 heavy (non-hydrogen) atoms. The van der Waals surface area contributed by atoms with E-state index < -0.39 is 0 Å². The van der Waals surface area contributed by atoms with Crippen molar-refractivity contribution < 1.29 is 37.5 Å². The second-order valence-corrected chi connectivity index (χ2v) is 3.80. The molecule has 62 valence electrons. The third kappa shape index (κ3) is 3.18. The second kappa shape index (κ2) is 4.31. The molecule has 0 aromatic heterocycles. The van der Waals surface area contributed by atoms with Gasteiger partial charge in [0, 0.05) is 0 Å². The van der Waals surface area contributed by atoms with Crippen LogP contribution in [-0.2, 0) is 5.41 Å². The van der Waals surface area contributed by atoms with Crippen molar-refractivity contribution in [1.82, 2.24) is 0 Å². The van der Waals surface area contributed by atoms with Crippen molar-refractivity contribution >= 4 is 0 Å². The Morgan fingerprint density at radius 1 is 1.17 bits per heavy atom. The minimum atomic E-state index is 0. The molecule has 1 aromatic rings. The predicted octanol–water partition coefficient (Wildman–Crippen LogP) is -0.0813. The van der Waals surface area contributed by atoms with Crippen molar-refractivity contribution in [3.05, 3.63) is 29.8 Å². The van der Waals surface area contributed by atoms with Crippen LogP contribution in [0.2, 0.25) is 0 Å². The summed E-state index contributed by atoms with van der Waals surface area (Å²) in [4.78, 5) is 0. The molecule has 0 saturated carbocycles. The van der Waals surface area contributed by atoms with Crippen LogP contribution in [-0.4, -0.2) is 5.11 Å². The van der Waals surface area contributed by atoms with Gasteiger partial charge in [-0.3, -0.25) is 0 Å². The van der Waals surface area contributed by atoms with Crippen molar-refractivity contribution in [1.29, 1.82) is 0 Å². The first-order valence-corrected chi connectivity index (χ1v) is 3.79. The summed E-state index contributed by atoms with van der Waals surface area (Å²) in [5.74, 6) is 0.331. The van der Waals surface area contributed by atoms with Crippen LogP contribution >= 0.6 is 0 Å². The number of aromatic hydroxyl groups is 1. The van der Waals surface area contributed by atoms with E-state index in [1.807, 2.05) is 12.1 Å². The summed E-state index contributed by atoms with van der Waals surface area (Å²) in [6.07, 6.45) is 0. The van der Waals surface area contributed by atoms with Gasteiger partial charge in [0.05, 0.1) is 0 Å². The molecule has 2 heteroatoms. The summed E-state index contributed by atoms with van der Waals surface area (Å²) >= 11 is 0. The van der Waals surface area contributed by atoms with Crippen LogP contribution in [0.4, 0.5) is 0 Å². The van der Waals surface area contributed by atoms with Gasteiger partial charge in [0.25, 0.3) is 0 Å². The summed E-state index contributed by atoms with van der Waals surface area (Å²) < 4.78 is 0. The van der Waals surface area contributed by atoms with Gasteiger partial charge in [-0.25, -0.2) is 0 Å². The smallest absolute Gasteiger partial charge is 1.00 e. The van der Waals surface area contributed by atoms with Crippen molar-refractivity contribution in [2.45, 2.75) is 26.2 Å². The Morgan fingerprint density at radius 3 is 1.92 bits per heavy atom. The summed E-state index contributed by atoms with van der Waals surface area (Å²) in [6, 6.07) is 7.35. The van der Waals surface area contributed by atoms with Crippen LogP contribution < -0.4 is 29.6 Å². The fourth-order valence-electron chi connectivity index (χ4n) is 0.961. The van der Waals surface area contributed by atoms with Crippen molar-refractivity contribution in [2.24, 2.45) is 0 Å². The quantitative estimate of drug-likeness (QED) is 0.547. The molecular weight excluding hydrogens is 159 g/mol. The van der Waals surface area contributed by atoms with Crippen LogP contribution in [0.3, 0.4) is 0 Å². The first kappa shape index (κ1) is 12.0. The molecule has 0 aliphatic heterocycles. The van der Waals surface area contributed by atoms with Crippen LogP contribution in [0.15, 0.2) is 24.3 Å². The molecule has 1 rings (SSSR count). The summed E-state index contributed by atoms with van der Waals surface area (Å²) in [7, 11) is 0. The van der Waals surface area contributed by atoms with Gasteiger partial charge in [-0.2, -0.15) is 0 Å². The molecule has 0 aliphatic rings. The zero-order valence-corrected chi connectivity index (χ0v) is 10.3. The minimum absolute atomic E-state index is 0. The molecule has 0 fully saturated rings. The van der Waals surface area contributed by atoms with E-state index in [0.717, 1.165) is 0 Å². The third-order valence-corrected chi connectivity index (χ3v) is 1.73. The van der Waals surface area contributed by atoms with Gasteiger partial charge in [0.1, 0.15) is 5.75 Å². The Bertz CT molecular complexity index is 241. The summed E-state index contributed by atoms with van der Waals surface area (Å²) in [5, 5.41) is 9.02.